The molecule has 3 nitrogen and oxygen atoms in total. The van der Waals surface area contributed by atoms with E-state index in [9.17, 15) is 4.79 Å². The summed E-state index contributed by atoms with van der Waals surface area (Å²) < 4.78 is 5.29. The highest BCUT2D eigenvalue weighted by Gasteiger charge is 2.25. The van der Waals surface area contributed by atoms with Crippen LogP contribution in [0, 0.1) is 0 Å². The number of ether oxygens (including phenoxy) is 1. The minimum atomic E-state index is -0.911. The zero-order chi connectivity index (χ0) is 10.1. The number of aryl methyl sites for hydroxylation is 1. The van der Waals surface area contributed by atoms with Crippen LogP contribution in [-0.4, -0.2) is 17.2 Å². The van der Waals surface area contributed by atoms with E-state index in [1.165, 1.54) is 0 Å². The Labute approximate surface area is 98.4 Å². The second-order valence-corrected chi connectivity index (χ2v) is 3.67. The van der Waals surface area contributed by atoms with Crippen LogP contribution in [0.25, 0.3) is 0 Å². The Morgan fingerprint density at radius 3 is 2.93 bits per heavy atom. The molecular weight excluding hydrogens is 239 g/mol. The van der Waals surface area contributed by atoms with Gasteiger partial charge in [0, 0.05) is 5.02 Å². The van der Waals surface area contributed by atoms with Gasteiger partial charge >= 0.3 is 5.97 Å². The van der Waals surface area contributed by atoms with Crippen molar-refractivity contribution in [1.82, 2.24) is 0 Å². The summed E-state index contributed by atoms with van der Waals surface area (Å²) >= 11 is 5.80. The smallest absolute Gasteiger partial charge is 0.344 e. The fraction of sp³-hybridized carbons (Fsp3) is 0.300. The Balaban J connectivity index is 0.00000112. The van der Waals surface area contributed by atoms with Crippen LogP contribution in [0.15, 0.2) is 18.2 Å². The van der Waals surface area contributed by atoms with E-state index in [-0.39, 0.29) is 12.4 Å². The van der Waals surface area contributed by atoms with E-state index < -0.39 is 12.1 Å². The van der Waals surface area contributed by atoms with Crippen LogP contribution < -0.4 is 4.74 Å². The second kappa shape index (κ2) is 4.73. The highest BCUT2D eigenvalue weighted by atomic mass is 35.5. The van der Waals surface area contributed by atoms with Crippen molar-refractivity contribution in [2.75, 3.05) is 0 Å². The van der Waals surface area contributed by atoms with Crippen molar-refractivity contribution in [2.24, 2.45) is 0 Å². The molecule has 0 amide bonds. The lowest BCUT2D eigenvalue weighted by molar-refractivity contribution is -0.145. The Hall–Kier alpha value is -0.930. The lowest BCUT2D eigenvalue weighted by Gasteiger charge is -2.22. The molecule has 1 N–H and O–H groups in total. The molecule has 1 atom stereocenters. The fourth-order valence-electron chi connectivity index (χ4n) is 1.53. The molecule has 5 heteroatoms. The molecule has 15 heavy (non-hydrogen) atoms. The van der Waals surface area contributed by atoms with Gasteiger partial charge in [0.2, 0.25) is 0 Å². The van der Waals surface area contributed by atoms with Crippen molar-refractivity contribution in [2.45, 2.75) is 18.9 Å². The molecule has 0 aromatic heterocycles. The molecule has 1 aliphatic rings. The fourth-order valence-corrected chi connectivity index (χ4v) is 1.73. The molecular formula is C10H10Cl2O3. The molecule has 1 aromatic carbocycles. The Kier molecular flexibility index (Phi) is 3.83. The summed E-state index contributed by atoms with van der Waals surface area (Å²) in [6.07, 6.45) is 0.485. The number of benzene rings is 1. The number of carbonyl (C=O) groups is 1. The number of hydrogen-bond donors (Lipinski definition) is 1. The van der Waals surface area contributed by atoms with Crippen LogP contribution in [0.2, 0.25) is 5.02 Å². The molecule has 0 aliphatic carbocycles. The number of rotatable bonds is 1. The van der Waals surface area contributed by atoms with Crippen molar-refractivity contribution < 1.29 is 14.6 Å². The molecule has 0 saturated heterocycles. The topological polar surface area (TPSA) is 46.5 Å². The molecule has 1 aromatic rings. The van der Waals surface area contributed by atoms with Gasteiger partial charge in [0.1, 0.15) is 5.75 Å². The summed E-state index contributed by atoms with van der Waals surface area (Å²) in [6, 6.07) is 5.23. The zero-order valence-electron chi connectivity index (χ0n) is 7.77. The van der Waals surface area contributed by atoms with Gasteiger partial charge in [0.05, 0.1) is 0 Å². The van der Waals surface area contributed by atoms with E-state index in [1.54, 1.807) is 12.1 Å². The summed E-state index contributed by atoms with van der Waals surface area (Å²) in [5.41, 5.74) is 0.981. The van der Waals surface area contributed by atoms with E-state index in [1.807, 2.05) is 6.07 Å². The van der Waals surface area contributed by atoms with Gasteiger partial charge in [-0.25, -0.2) is 4.79 Å². The Bertz CT molecular complexity index is 379. The van der Waals surface area contributed by atoms with Crippen LogP contribution >= 0.6 is 24.0 Å². The third-order valence-electron chi connectivity index (χ3n) is 2.24. The van der Waals surface area contributed by atoms with Gasteiger partial charge in [-0.3, -0.25) is 0 Å². The van der Waals surface area contributed by atoms with Gasteiger partial charge in [0.25, 0.3) is 0 Å². The molecule has 82 valence electrons. The monoisotopic (exact) mass is 248 g/mol. The van der Waals surface area contributed by atoms with Crippen LogP contribution in [0.4, 0.5) is 0 Å². The number of carboxylic acid groups (broad SMARTS) is 1. The summed E-state index contributed by atoms with van der Waals surface area (Å²) in [5.74, 6) is -0.279. The maximum absolute atomic E-state index is 10.7. The predicted molar refractivity (Wildman–Crippen MR) is 59.1 cm³/mol. The summed E-state index contributed by atoms with van der Waals surface area (Å²) in [6.45, 7) is 0. The quantitative estimate of drug-likeness (QED) is 0.831. The molecule has 1 heterocycles. The van der Waals surface area contributed by atoms with Gasteiger partial charge < -0.3 is 9.84 Å². The maximum Gasteiger partial charge on any atom is 0.344 e. The Morgan fingerprint density at radius 1 is 1.53 bits per heavy atom. The van der Waals surface area contributed by atoms with Gasteiger partial charge in [-0.2, -0.15) is 0 Å². The Morgan fingerprint density at radius 2 is 2.27 bits per heavy atom. The van der Waals surface area contributed by atoms with E-state index >= 15 is 0 Å². The molecule has 0 bridgehead atoms. The molecule has 1 aliphatic heterocycles. The minimum Gasteiger partial charge on any atom is -0.479 e. The SMILES string of the molecule is Cl.O=C(O)C1CCc2cc(Cl)ccc2O1. The lowest BCUT2D eigenvalue weighted by Crippen LogP contribution is -2.30. The van der Waals surface area contributed by atoms with E-state index in [2.05, 4.69) is 0 Å². The number of halogens is 2. The van der Waals surface area contributed by atoms with Crippen LogP contribution in [-0.2, 0) is 11.2 Å². The number of fused-ring (bicyclic) bond motifs is 1. The van der Waals surface area contributed by atoms with E-state index in [4.69, 9.17) is 21.4 Å². The molecule has 1 unspecified atom stereocenters. The first-order valence-electron chi connectivity index (χ1n) is 4.35. The molecule has 0 spiro atoms. The normalized spacial score (nSPS) is 18.3. The molecule has 0 radical (unpaired) electrons. The van der Waals surface area contributed by atoms with Crippen molar-refractivity contribution in [3.63, 3.8) is 0 Å². The summed E-state index contributed by atoms with van der Waals surface area (Å²) in [7, 11) is 0. The molecule has 0 fully saturated rings. The first-order valence-corrected chi connectivity index (χ1v) is 4.72. The van der Waals surface area contributed by atoms with E-state index in [0.29, 0.717) is 23.6 Å². The van der Waals surface area contributed by atoms with Crippen LogP contribution in [0.5, 0.6) is 5.75 Å². The van der Waals surface area contributed by atoms with E-state index in [0.717, 1.165) is 5.56 Å². The average Bonchev–Trinajstić information content (AvgIpc) is 2.16. The number of carboxylic acids is 1. The predicted octanol–water partition coefficient (Wildman–Crippen LogP) is 2.54. The first-order chi connectivity index (χ1) is 6.66. The van der Waals surface area contributed by atoms with Crippen molar-refractivity contribution in [3.8, 4) is 5.75 Å². The summed E-state index contributed by atoms with van der Waals surface area (Å²) in [4.78, 5) is 10.7. The van der Waals surface area contributed by atoms with Crippen molar-refractivity contribution >= 4 is 30.0 Å². The van der Waals surface area contributed by atoms with Crippen molar-refractivity contribution in [3.05, 3.63) is 28.8 Å². The second-order valence-electron chi connectivity index (χ2n) is 3.24. The number of aliphatic carboxylic acids is 1. The van der Waals surface area contributed by atoms with Crippen molar-refractivity contribution in [1.29, 1.82) is 0 Å². The lowest BCUT2D eigenvalue weighted by atomic mass is 10.0. The minimum absolute atomic E-state index is 0. The first kappa shape index (κ1) is 12.1. The highest BCUT2D eigenvalue weighted by molar-refractivity contribution is 6.30. The van der Waals surface area contributed by atoms with Crippen LogP contribution in [0.1, 0.15) is 12.0 Å². The third-order valence-corrected chi connectivity index (χ3v) is 2.48. The average molecular weight is 249 g/mol. The number of hydrogen-bond acceptors (Lipinski definition) is 2. The van der Waals surface area contributed by atoms with Crippen LogP contribution in [0.3, 0.4) is 0 Å². The van der Waals surface area contributed by atoms with Gasteiger partial charge in [0.15, 0.2) is 6.10 Å². The largest absolute Gasteiger partial charge is 0.479 e. The van der Waals surface area contributed by atoms with Gasteiger partial charge in [-0.1, -0.05) is 11.6 Å². The highest BCUT2D eigenvalue weighted by Crippen LogP contribution is 2.29. The van der Waals surface area contributed by atoms with Gasteiger partial charge in [-0.15, -0.1) is 12.4 Å². The maximum atomic E-state index is 10.7. The molecule has 2 rings (SSSR count). The summed E-state index contributed by atoms with van der Waals surface area (Å²) in [5, 5.41) is 9.42. The molecule has 0 saturated carbocycles. The third kappa shape index (κ3) is 2.55. The van der Waals surface area contributed by atoms with Gasteiger partial charge in [-0.05, 0) is 36.6 Å². The standard InChI is InChI=1S/C10H9ClO3.ClH/c11-7-2-4-8-6(5-7)1-3-9(14-8)10(12)13;/h2,4-5,9H,1,3H2,(H,12,13);1H. The zero-order valence-corrected chi connectivity index (χ0v) is 9.35.